The smallest absolute Gasteiger partial charge is 0.325 e. The number of fused-ring (bicyclic) bond motifs is 1. The van der Waals surface area contributed by atoms with Gasteiger partial charge in [0.1, 0.15) is 5.75 Å². The van der Waals surface area contributed by atoms with Gasteiger partial charge in [-0.15, -0.1) is 0 Å². The number of hydrogen-bond acceptors (Lipinski definition) is 5. The lowest BCUT2D eigenvalue weighted by atomic mass is 10.2. The molecule has 4 aromatic rings. The molecule has 0 fully saturated rings. The van der Waals surface area contributed by atoms with Gasteiger partial charge in [-0.1, -0.05) is 33.3 Å². The van der Waals surface area contributed by atoms with Crippen LogP contribution in [0.1, 0.15) is 10.4 Å². The summed E-state index contributed by atoms with van der Waals surface area (Å²) in [5.41, 5.74) is 2.40. The van der Waals surface area contributed by atoms with Crippen LogP contribution in [0, 0.1) is 0 Å². The number of phenols is 1. The third-order valence-electron chi connectivity index (χ3n) is 4.08. The summed E-state index contributed by atoms with van der Waals surface area (Å²) < 4.78 is 1.60. The Morgan fingerprint density at radius 2 is 1.63 bits per heavy atom. The van der Waals surface area contributed by atoms with Crippen LogP contribution in [0.15, 0.2) is 71.2 Å². The van der Waals surface area contributed by atoms with Crippen molar-refractivity contribution >= 4 is 65.9 Å². The highest BCUT2D eigenvalue weighted by atomic mass is 79.9. The minimum atomic E-state index is -0.441. The summed E-state index contributed by atoms with van der Waals surface area (Å²) >= 11 is 4.61. The molecule has 150 valence electrons. The molecule has 9 heteroatoms. The molecule has 0 bridgehead atoms. The van der Waals surface area contributed by atoms with Gasteiger partial charge >= 0.3 is 6.03 Å². The number of anilines is 3. The molecule has 3 amide bonds. The molecule has 0 aliphatic heterocycles. The average Bonchev–Trinajstić information content (AvgIpc) is 3.10. The standard InChI is InChI=1S/C21H15BrN4O3S/c22-13-3-1-2-12(10-13)19(28)23-14-4-6-15(7-5-14)24-20(29)26-21-25-17-9-8-16(27)11-18(17)30-21/h1-11,27H,(H,23,28)(H2,24,25,26,29). The lowest BCUT2D eigenvalue weighted by Gasteiger charge is -2.08. The van der Waals surface area contributed by atoms with Gasteiger partial charge in [-0.2, -0.15) is 0 Å². The maximum absolute atomic E-state index is 12.3. The summed E-state index contributed by atoms with van der Waals surface area (Å²) in [6.07, 6.45) is 0. The largest absolute Gasteiger partial charge is 0.508 e. The second-order valence-corrected chi connectivity index (χ2v) is 8.24. The van der Waals surface area contributed by atoms with Crippen LogP contribution in [-0.4, -0.2) is 22.0 Å². The summed E-state index contributed by atoms with van der Waals surface area (Å²) in [7, 11) is 0. The zero-order valence-electron chi connectivity index (χ0n) is 15.3. The van der Waals surface area contributed by atoms with Crippen molar-refractivity contribution in [3.63, 3.8) is 0 Å². The van der Waals surface area contributed by atoms with Crippen LogP contribution < -0.4 is 16.0 Å². The van der Waals surface area contributed by atoms with Crippen molar-refractivity contribution < 1.29 is 14.7 Å². The number of phenolic OH excluding ortho intramolecular Hbond substituents is 1. The second kappa shape index (κ2) is 8.52. The van der Waals surface area contributed by atoms with Crippen molar-refractivity contribution in [1.29, 1.82) is 0 Å². The van der Waals surface area contributed by atoms with Crippen molar-refractivity contribution in [3.05, 3.63) is 76.8 Å². The summed E-state index contributed by atoms with van der Waals surface area (Å²) in [6, 6.07) is 18.3. The predicted octanol–water partition coefficient (Wildman–Crippen LogP) is 5.66. The number of aromatic nitrogens is 1. The average molecular weight is 483 g/mol. The quantitative estimate of drug-likeness (QED) is 0.301. The molecule has 0 saturated carbocycles. The van der Waals surface area contributed by atoms with Gasteiger partial charge in [-0.25, -0.2) is 9.78 Å². The van der Waals surface area contributed by atoms with E-state index in [1.807, 2.05) is 6.07 Å². The molecule has 0 saturated heterocycles. The SMILES string of the molecule is O=C(Nc1ccc(NC(=O)c2cccc(Br)c2)cc1)Nc1nc2ccc(O)cc2s1. The Hall–Kier alpha value is -3.43. The second-order valence-electron chi connectivity index (χ2n) is 6.29. The highest BCUT2D eigenvalue weighted by molar-refractivity contribution is 9.10. The fourth-order valence-electron chi connectivity index (χ4n) is 2.70. The zero-order valence-corrected chi connectivity index (χ0v) is 17.8. The van der Waals surface area contributed by atoms with Gasteiger partial charge in [0.2, 0.25) is 0 Å². The number of carbonyl (C=O) groups excluding carboxylic acids is 2. The van der Waals surface area contributed by atoms with E-state index in [4.69, 9.17) is 0 Å². The van der Waals surface area contributed by atoms with E-state index in [2.05, 4.69) is 36.9 Å². The van der Waals surface area contributed by atoms with Gasteiger partial charge in [-0.3, -0.25) is 10.1 Å². The molecule has 1 heterocycles. The number of amides is 3. The van der Waals surface area contributed by atoms with Gasteiger partial charge in [0.15, 0.2) is 5.13 Å². The molecular weight excluding hydrogens is 468 g/mol. The number of rotatable bonds is 4. The molecule has 4 N–H and O–H groups in total. The van der Waals surface area contributed by atoms with E-state index in [9.17, 15) is 14.7 Å². The summed E-state index contributed by atoms with van der Waals surface area (Å²) in [5, 5.41) is 18.1. The molecule has 4 rings (SSSR count). The van der Waals surface area contributed by atoms with Crippen molar-refractivity contribution in [3.8, 4) is 5.75 Å². The molecule has 0 spiro atoms. The Morgan fingerprint density at radius 3 is 2.37 bits per heavy atom. The first-order valence-corrected chi connectivity index (χ1v) is 10.4. The van der Waals surface area contributed by atoms with Gasteiger partial charge in [0, 0.05) is 21.4 Å². The van der Waals surface area contributed by atoms with E-state index in [0.29, 0.717) is 27.6 Å². The topological polar surface area (TPSA) is 103 Å². The number of nitrogens with zero attached hydrogens (tertiary/aromatic N) is 1. The van der Waals surface area contributed by atoms with Gasteiger partial charge in [0.25, 0.3) is 5.91 Å². The van der Waals surface area contributed by atoms with E-state index in [-0.39, 0.29) is 11.7 Å². The third kappa shape index (κ3) is 4.76. The highest BCUT2D eigenvalue weighted by Gasteiger charge is 2.10. The number of halogens is 1. The molecular formula is C21H15BrN4O3S. The minimum absolute atomic E-state index is 0.147. The Bertz CT molecular complexity index is 1240. The molecule has 0 radical (unpaired) electrons. The first-order chi connectivity index (χ1) is 14.5. The number of benzene rings is 3. The van der Waals surface area contributed by atoms with E-state index in [0.717, 1.165) is 9.17 Å². The molecule has 3 aromatic carbocycles. The van der Waals surface area contributed by atoms with Crippen LogP contribution >= 0.6 is 27.3 Å². The number of aromatic hydroxyl groups is 1. The molecule has 0 atom stereocenters. The van der Waals surface area contributed by atoms with E-state index in [1.165, 1.54) is 11.3 Å². The van der Waals surface area contributed by atoms with Crippen LogP contribution in [0.4, 0.5) is 21.3 Å². The number of hydrogen-bond donors (Lipinski definition) is 4. The summed E-state index contributed by atoms with van der Waals surface area (Å²) in [6.45, 7) is 0. The molecule has 0 unspecified atom stereocenters. The number of nitrogens with one attached hydrogen (secondary N) is 3. The number of carbonyl (C=O) groups is 2. The fourth-order valence-corrected chi connectivity index (χ4v) is 3.99. The van der Waals surface area contributed by atoms with Crippen LogP contribution in [0.5, 0.6) is 5.75 Å². The zero-order chi connectivity index (χ0) is 21.1. The van der Waals surface area contributed by atoms with Crippen molar-refractivity contribution in [1.82, 2.24) is 4.98 Å². The van der Waals surface area contributed by atoms with Gasteiger partial charge < -0.3 is 15.7 Å². The highest BCUT2D eigenvalue weighted by Crippen LogP contribution is 2.28. The Balaban J connectivity index is 1.36. The molecule has 30 heavy (non-hydrogen) atoms. The lowest BCUT2D eigenvalue weighted by molar-refractivity contribution is 0.102. The first kappa shape index (κ1) is 19.9. The monoisotopic (exact) mass is 482 g/mol. The molecule has 0 aliphatic carbocycles. The first-order valence-electron chi connectivity index (χ1n) is 8.81. The van der Waals surface area contributed by atoms with Crippen LogP contribution in [0.2, 0.25) is 0 Å². The minimum Gasteiger partial charge on any atom is -0.508 e. The fraction of sp³-hybridized carbons (Fsp3) is 0. The van der Waals surface area contributed by atoms with Crippen molar-refractivity contribution in [2.24, 2.45) is 0 Å². The van der Waals surface area contributed by atoms with Crippen molar-refractivity contribution in [2.45, 2.75) is 0 Å². The van der Waals surface area contributed by atoms with Crippen LogP contribution in [-0.2, 0) is 0 Å². The lowest BCUT2D eigenvalue weighted by Crippen LogP contribution is -2.19. The summed E-state index contributed by atoms with van der Waals surface area (Å²) in [5.74, 6) is -0.0779. The van der Waals surface area contributed by atoms with E-state index >= 15 is 0 Å². The van der Waals surface area contributed by atoms with Crippen LogP contribution in [0.25, 0.3) is 10.2 Å². The third-order valence-corrected chi connectivity index (χ3v) is 5.51. The molecule has 1 aromatic heterocycles. The summed E-state index contributed by atoms with van der Waals surface area (Å²) in [4.78, 5) is 28.8. The maximum atomic E-state index is 12.3. The van der Waals surface area contributed by atoms with Crippen molar-refractivity contribution in [2.75, 3.05) is 16.0 Å². The van der Waals surface area contributed by atoms with Crippen LogP contribution in [0.3, 0.4) is 0 Å². The van der Waals surface area contributed by atoms with Gasteiger partial charge in [-0.05, 0) is 60.7 Å². The molecule has 7 nitrogen and oxygen atoms in total. The van der Waals surface area contributed by atoms with E-state index in [1.54, 1.807) is 60.7 Å². The normalized spacial score (nSPS) is 10.6. The number of urea groups is 1. The number of thiazole rings is 1. The predicted molar refractivity (Wildman–Crippen MR) is 122 cm³/mol. The Kier molecular flexibility index (Phi) is 5.64. The Labute approximate surface area is 183 Å². The van der Waals surface area contributed by atoms with E-state index < -0.39 is 6.03 Å². The molecule has 0 aliphatic rings. The van der Waals surface area contributed by atoms with Gasteiger partial charge in [0.05, 0.1) is 10.2 Å². The maximum Gasteiger partial charge on any atom is 0.325 e. The Morgan fingerprint density at radius 1 is 0.900 bits per heavy atom.